The highest BCUT2D eigenvalue weighted by Crippen LogP contribution is 2.13. The van der Waals surface area contributed by atoms with Crippen LogP contribution in [0.25, 0.3) is 0 Å². The first-order valence-electron chi connectivity index (χ1n) is 5.42. The third-order valence-corrected chi connectivity index (χ3v) is 2.34. The lowest BCUT2D eigenvalue weighted by Crippen LogP contribution is -2.17. The van der Waals surface area contributed by atoms with E-state index >= 15 is 0 Å². The molecular weight excluding hydrogens is 220 g/mol. The van der Waals surface area contributed by atoms with E-state index in [0.717, 1.165) is 5.69 Å². The second-order valence-electron chi connectivity index (χ2n) is 4.09. The Bertz CT molecular complexity index is 418. The third-order valence-electron chi connectivity index (χ3n) is 2.34. The summed E-state index contributed by atoms with van der Waals surface area (Å²) in [7, 11) is 0. The summed E-state index contributed by atoms with van der Waals surface area (Å²) in [6.45, 7) is 3.54. The van der Waals surface area contributed by atoms with Crippen molar-refractivity contribution in [3.05, 3.63) is 24.0 Å². The monoisotopic (exact) mass is 236 g/mol. The Balaban J connectivity index is 2.50. The van der Waals surface area contributed by atoms with E-state index in [1.165, 1.54) is 0 Å². The Hall–Kier alpha value is -1.91. The Morgan fingerprint density at radius 3 is 2.76 bits per heavy atom. The standard InChI is InChI=1S/C12H16N2O3/c1-8(7-12(16)17)6-11(15)14-10-4-3-5-13-9(10)2/h3-5,8H,6-7H2,1-2H3,(H,14,15)(H,16,17). The van der Waals surface area contributed by atoms with Gasteiger partial charge in [0.05, 0.1) is 11.4 Å². The molecule has 0 bridgehead atoms. The van der Waals surface area contributed by atoms with Gasteiger partial charge in [-0.25, -0.2) is 0 Å². The minimum absolute atomic E-state index is 0.000554. The summed E-state index contributed by atoms with van der Waals surface area (Å²) in [4.78, 5) is 26.1. The minimum Gasteiger partial charge on any atom is -0.481 e. The maximum atomic E-state index is 11.6. The van der Waals surface area contributed by atoms with Crippen molar-refractivity contribution in [2.45, 2.75) is 26.7 Å². The summed E-state index contributed by atoms with van der Waals surface area (Å²) >= 11 is 0. The first-order chi connectivity index (χ1) is 7.99. The molecule has 0 aliphatic carbocycles. The highest BCUT2D eigenvalue weighted by Gasteiger charge is 2.13. The summed E-state index contributed by atoms with van der Waals surface area (Å²) in [6.07, 6.45) is 1.85. The lowest BCUT2D eigenvalue weighted by molar-refractivity contribution is -0.138. The van der Waals surface area contributed by atoms with Crippen molar-refractivity contribution in [3.63, 3.8) is 0 Å². The zero-order valence-corrected chi connectivity index (χ0v) is 9.93. The Morgan fingerprint density at radius 1 is 1.47 bits per heavy atom. The topological polar surface area (TPSA) is 79.3 Å². The summed E-state index contributed by atoms with van der Waals surface area (Å²) < 4.78 is 0. The number of aromatic nitrogens is 1. The quantitative estimate of drug-likeness (QED) is 0.817. The summed E-state index contributed by atoms with van der Waals surface area (Å²) in [5.41, 5.74) is 1.41. The van der Waals surface area contributed by atoms with Crippen LogP contribution in [-0.2, 0) is 9.59 Å². The lowest BCUT2D eigenvalue weighted by atomic mass is 10.0. The number of aliphatic carboxylic acids is 1. The zero-order valence-electron chi connectivity index (χ0n) is 9.93. The molecule has 0 fully saturated rings. The molecule has 1 heterocycles. The van der Waals surface area contributed by atoms with Gasteiger partial charge in [-0.1, -0.05) is 6.92 Å². The number of aryl methyl sites for hydroxylation is 1. The Kier molecular flexibility index (Phi) is 4.63. The Morgan fingerprint density at radius 2 is 2.18 bits per heavy atom. The maximum absolute atomic E-state index is 11.6. The molecule has 1 atom stereocenters. The molecule has 1 unspecified atom stereocenters. The number of amides is 1. The summed E-state index contributed by atoms with van der Waals surface area (Å²) in [6, 6.07) is 3.51. The van der Waals surface area contributed by atoms with E-state index in [9.17, 15) is 9.59 Å². The summed E-state index contributed by atoms with van der Waals surface area (Å²) in [5, 5.41) is 11.3. The van der Waals surface area contributed by atoms with Crippen molar-refractivity contribution >= 4 is 17.6 Å². The molecule has 0 spiro atoms. The number of carboxylic acids is 1. The lowest BCUT2D eigenvalue weighted by Gasteiger charge is -2.10. The molecule has 0 aliphatic heterocycles. The first-order valence-corrected chi connectivity index (χ1v) is 5.42. The predicted molar refractivity (Wildman–Crippen MR) is 63.6 cm³/mol. The van der Waals surface area contributed by atoms with Crippen molar-refractivity contribution in [2.24, 2.45) is 5.92 Å². The molecular formula is C12H16N2O3. The highest BCUT2D eigenvalue weighted by atomic mass is 16.4. The number of nitrogens with zero attached hydrogens (tertiary/aromatic N) is 1. The number of carbonyl (C=O) groups is 2. The van der Waals surface area contributed by atoms with Gasteiger partial charge in [0.1, 0.15) is 0 Å². The van der Waals surface area contributed by atoms with Gasteiger partial charge >= 0.3 is 5.97 Å². The van der Waals surface area contributed by atoms with Crippen LogP contribution in [0.4, 0.5) is 5.69 Å². The Labute approximate surface area is 99.9 Å². The number of nitrogens with one attached hydrogen (secondary N) is 1. The van der Waals surface area contributed by atoms with Crippen molar-refractivity contribution in [3.8, 4) is 0 Å². The van der Waals surface area contributed by atoms with Gasteiger partial charge in [0.2, 0.25) is 5.91 Å². The van der Waals surface area contributed by atoms with Crippen molar-refractivity contribution in [2.75, 3.05) is 5.32 Å². The van der Waals surface area contributed by atoms with E-state index < -0.39 is 5.97 Å². The predicted octanol–water partition coefficient (Wildman–Crippen LogP) is 1.83. The van der Waals surface area contributed by atoms with Gasteiger partial charge in [0.25, 0.3) is 0 Å². The smallest absolute Gasteiger partial charge is 0.303 e. The van der Waals surface area contributed by atoms with Gasteiger partial charge < -0.3 is 10.4 Å². The van der Waals surface area contributed by atoms with Crippen LogP contribution in [-0.4, -0.2) is 22.0 Å². The van der Waals surface area contributed by atoms with E-state index in [0.29, 0.717) is 5.69 Å². The number of pyridine rings is 1. The van der Waals surface area contributed by atoms with Crippen molar-refractivity contribution in [1.82, 2.24) is 4.98 Å². The van der Waals surface area contributed by atoms with Crippen LogP contribution in [0.2, 0.25) is 0 Å². The average molecular weight is 236 g/mol. The number of anilines is 1. The SMILES string of the molecule is Cc1ncccc1NC(=O)CC(C)CC(=O)O. The second-order valence-corrected chi connectivity index (χ2v) is 4.09. The van der Waals surface area contributed by atoms with Crippen molar-refractivity contribution < 1.29 is 14.7 Å². The largest absolute Gasteiger partial charge is 0.481 e. The van der Waals surface area contributed by atoms with Crippen LogP contribution in [0.15, 0.2) is 18.3 Å². The molecule has 17 heavy (non-hydrogen) atoms. The van der Waals surface area contributed by atoms with Crippen LogP contribution in [0.1, 0.15) is 25.5 Å². The molecule has 1 aromatic rings. The normalized spacial score (nSPS) is 11.9. The minimum atomic E-state index is -0.886. The molecule has 0 aliphatic rings. The van der Waals surface area contributed by atoms with E-state index in [2.05, 4.69) is 10.3 Å². The van der Waals surface area contributed by atoms with E-state index in [4.69, 9.17) is 5.11 Å². The molecule has 5 nitrogen and oxygen atoms in total. The molecule has 1 rings (SSSR count). The number of hydrogen-bond donors (Lipinski definition) is 2. The van der Waals surface area contributed by atoms with Gasteiger partial charge in [-0.05, 0) is 25.0 Å². The van der Waals surface area contributed by atoms with Crippen LogP contribution >= 0.6 is 0 Å². The van der Waals surface area contributed by atoms with Crippen LogP contribution in [0.3, 0.4) is 0 Å². The fourth-order valence-electron chi connectivity index (χ4n) is 1.50. The molecule has 0 aromatic carbocycles. The molecule has 92 valence electrons. The van der Waals surface area contributed by atoms with Gasteiger partial charge in [0.15, 0.2) is 0 Å². The fraction of sp³-hybridized carbons (Fsp3) is 0.417. The number of hydrogen-bond acceptors (Lipinski definition) is 3. The average Bonchev–Trinajstić information content (AvgIpc) is 2.19. The van der Waals surface area contributed by atoms with E-state index in [1.54, 1.807) is 32.2 Å². The van der Waals surface area contributed by atoms with Crippen LogP contribution in [0.5, 0.6) is 0 Å². The number of carbonyl (C=O) groups excluding carboxylic acids is 1. The van der Waals surface area contributed by atoms with Crippen molar-refractivity contribution in [1.29, 1.82) is 0 Å². The number of rotatable bonds is 5. The molecule has 2 N–H and O–H groups in total. The molecule has 0 radical (unpaired) electrons. The highest BCUT2D eigenvalue weighted by molar-refractivity contribution is 5.91. The molecule has 1 aromatic heterocycles. The second kappa shape index (κ2) is 5.98. The molecule has 0 saturated carbocycles. The molecule has 0 saturated heterocycles. The zero-order chi connectivity index (χ0) is 12.8. The molecule has 1 amide bonds. The van der Waals surface area contributed by atoms with Gasteiger partial charge in [-0.15, -0.1) is 0 Å². The van der Waals surface area contributed by atoms with Crippen LogP contribution < -0.4 is 5.32 Å². The summed E-state index contributed by atoms with van der Waals surface area (Å²) in [5.74, 6) is -1.25. The molecule has 5 heteroatoms. The van der Waals surface area contributed by atoms with E-state index in [-0.39, 0.29) is 24.7 Å². The van der Waals surface area contributed by atoms with Crippen LogP contribution in [0, 0.1) is 12.8 Å². The van der Waals surface area contributed by atoms with Gasteiger partial charge in [-0.3, -0.25) is 14.6 Å². The van der Waals surface area contributed by atoms with Gasteiger partial charge in [-0.2, -0.15) is 0 Å². The third kappa shape index (κ3) is 4.63. The van der Waals surface area contributed by atoms with Gasteiger partial charge in [0, 0.05) is 19.0 Å². The maximum Gasteiger partial charge on any atom is 0.303 e. The fourth-order valence-corrected chi connectivity index (χ4v) is 1.50. The van der Waals surface area contributed by atoms with E-state index in [1.807, 2.05) is 0 Å². The number of carboxylic acid groups (broad SMARTS) is 1. The first kappa shape index (κ1) is 13.2.